The molecule has 1 atom stereocenters. The van der Waals surface area contributed by atoms with Gasteiger partial charge in [0.2, 0.25) is 0 Å². The Hall–Kier alpha value is -1.04. The maximum Gasteiger partial charge on any atom is 0.168 e. The van der Waals surface area contributed by atoms with Crippen molar-refractivity contribution in [3.05, 3.63) is 22.5 Å². The summed E-state index contributed by atoms with van der Waals surface area (Å²) in [5, 5.41) is 9.44. The second kappa shape index (κ2) is 5.34. The monoisotopic (exact) mass is 249 g/mol. The second-order valence-corrected chi connectivity index (χ2v) is 3.45. The number of hydrogen-bond donors (Lipinski definition) is 2. The lowest BCUT2D eigenvalue weighted by atomic mass is 10.1. The fraction of sp³-hybridized carbons (Fsp3) is 0.400. The van der Waals surface area contributed by atoms with Crippen molar-refractivity contribution in [2.45, 2.75) is 6.10 Å². The van der Waals surface area contributed by atoms with Crippen molar-refractivity contribution in [1.29, 1.82) is 0 Å². The third-order valence-corrected chi connectivity index (χ3v) is 2.54. The van der Waals surface area contributed by atoms with Crippen molar-refractivity contribution in [3.63, 3.8) is 0 Å². The van der Waals surface area contributed by atoms with E-state index in [1.807, 2.05) is 0 Å². The van der Waals surface area contributed by atoms with Gasteiger partial charge in [0.15, 0.2) is 11.5 Å². The van der Waals surface area contributed by atoms with E-state index in [4.69, 9.17) is 26.8 Å². The number of aliphatic hydroxyl groups excluding tert-OH is 1. The molecule has 0 amide bonds. The van der Waals surface area contributed by atoms with Crippen molar-refractivity contribution in [1.82, 2.24) is 0 Å². The van der Waals surface area contributed by atoms with Gasteiger partial charge in [-0.2, -0.15) is 0 Å². The summed E-state index contributed by atoms with van der Waals surface area (Å²) in [6.07, 6.45) is -1.10. The number of methoxy groups -OCH3 is 2. The molecule has 1 aromatic rings. The zero-order valence-electron chi connectivity index (χ0n) is 8.96. The average Bonchev–Trinajstić information content (AvgIpc) is 2.30. The molecule has 0 saturated carbocycles. The van der Waals surface area contributed by atoms with Gasteiger partial charge in [0, 0.05) is 18.2 Å². The lowest BCUT2D eigenvalue weighted by molar-refractivity contribution is 0.180. The van der Waals surface area contributed by atoms with Crippen LogP contribution in [0.4, 0.5) is 4.39 Å². The van der Waals surface area contributed by atoms with Crippen LogP contribution in [0.15, 0.2) is 6.07 Å². The van der Waals surface area contributed by atoms with E-state index in [-0.39, 0.29) is 28.6 Å². The number of nitrogens with two attached hydrogens (primary N) is 1. The zero-order chi connectivity index (χ0) is 12.3. The maximum atomic E-state index is 13.4. The molecule has 1 aromatic carbocycles. The van der Waals surface area contributed by atoms with E-state index >= 15 is 0 Å². The van der Waals surface area contributed by atoms with Crippen LogP contribution in [0.3, 0.4) is 0 Å². The smallest absolute Gasteiger partial charge is 0.168 e. The summed E-state index contributed by atoms with van der Waals surface area (Å²) in [7, 11) is 2.74. The van der Waals surface area contributed by atoms with Crippen molar-refractivity contribution in [2.24, 2.45) is 5.73 Å². The quantitative estimate of drug-likeness (QED) is 0.849. The molecule has 0 spiro atoms. The van der Waals surface area contributed by atoms with E-state index in [9.17, 15) is 9.50 Å². The largest absolute Gasteiger partial charge is 0.493 e. The van der Waals surface area contributed by atoms with Crippen LogP contribution in [0.1, 0.15) is 11.7 Å². The molecule has 3 N–H and O–H groups in total. The van der Waals surface area contributed by atoms with E-state index in [0.29, 0.717) is 0 Å². The molecule has 0 aliphatic heterocycles. The Morgan fingerprint density at radius 1 is 1.50 bits per heavy atom. The van der Waals surface area contributed by atoms with Gasteiger partial charge in [-0.1, -0.05) is 11.6 Å². The van der Waals surface area contributed by atoms with Crippen molar-refractivity contribution in [3.8, 4) is 11.5 Å². The van der Waals surface area contributed by atoms with Crippen LogP contribution in [0.25, 0.3) is 0 Å². The second-order valence-electron chi connectivity index (χ2n) is 3.07. The zero-order valence-corrected chi connectivity index (χ0v) is 9.71. The van der Waals surface area contributed by atoms with Crippen molar-refractivity contribution < 1.29 is 19.0 Å². The highest BCUT2D eigenvalue weighted by Crippen LogP contribution is 2.41. The van der Waals surface area contributed by atoms with Gasteiger partial charge in [0.05, 0.1) is 25.3 Å². The summed E-state index contributed by atoms with van der Waals surface area (Å²) in [4.78, 5) is 0. The predicted molar refractivity (Wildman–Crippen MR) is 58.5 cm³/mol. The molecule has 4 nitrogen and oxygen atoms in total. The number of halogens is 2. The van der Waals surface area contributed by atoms with Gasteiger partial charge in [-0.05, 0) is 0 Å². The number of benzene rings is 1. The fourth-order valence-corrected chi connectivity index (χ4v) is 1.65. The first kappa shape index (κ1) is 13.0. The van der Waals surface area contributed by atoms with Crippen LogP contribution in [0.2, 0.25) is 5.02 Å². The topological polar surface area (TPSA) is 64.7 Å². The van der Waals surface area contributed by atoms with Crippen LogP contribution in [0, 0.1) is 5.82 Å². The van der Waals surface area contributed by atoms with Gasteiger partial charge in [-0.15, -0.1) is 0 Å². The summed E-state index contributed by atoms with van der Waals surface area (Å²) in [6.45, 7) is -0.0946. The molecule has 1 rings (SSSR count). The molecular formula is C10H13ClFNO3. The third kappa shape index (κ3) is 2.21. The van der Waals surface area contributed by atoms with Crippen LogP contribution in [-0.2, 0) is 0 Å². The number of hydrogen-bond acceptors (Lipinski definition) is 4. The van der Waals surface area contributed by atoms with Crippen molar-refractivity contribution >= 4 is 11.6 Å². The van der Waals surface area contributed by atoms with Crippen molar-refractivity contribution in [2.75, 3.05) is 20.8 Å². The van der Waals surface area contributed by atoms with Gasteiger partial charge in [0.25, 0.3) is 0 Å². The fourth-order valence-electron chi connectivity index (χ4n) is 1.38. The van der Waals surface area contributed by atoms with Crippen LogP contribution in [0.5, 0.6) is 11.5 Å². The first-order chi connectivity index (χ1) is 7.56. The van der Waals surface area contributed by atoms with Crippen LogP contribution in [-0.4, -0.2) is 25.9 Å². The summed E-state index contributed by atoms with van der Waals surface area (Å²) in [5.41, 5.74) is 5.41. The highest BCUT2D eigenvalue weighted by Gasteiger charge is 2.23. The molecule has 0 aliphatic carbocycles. The highest BCUT2D eigenvalue weighted by molar-refractivity contribution is 6.31. The minimum Gasteiger partial charge on any atom is -0.493 e. The highest BCUT2D eigenvalue weighted by atomic mass is 35.5. The summed E-state index contributed by atoms with van der Waals surface area (Å²) < 4.78 is 23.4. The SMILES string of the molecule is COc1cc(F)c(Cl)c(C(O)CN)c1OC. The van der Waals surface area contributed by atoms with Gasteiger partial charge in [0.1, 0.15) is 5.82 Å². The minimum absolute atomic E-state index is 0.0946. The molecule has 0 bridgehead atoms. The third-order valence-electron chi connectivity index (χ3n) is 2.15. The molecule has 0 heterocycles. The Bertz CT molecular complexity index is 387. The minimum atomic E-state index is -1.10. The Morgan fingerprint density at radius 3 is 2.56 bits per heavy atom. The molecule has 6 heteroatoms. The number of rotatable bonds is 4. The Labute approximate surface area is 97.7 Å². The molecule has 0 radical (unpaired) electrons. The Kier molecular flexibility index (Phi) is 4.35. The molecular weight excluding hydrogens is 237 g/mol. The molecule has 1 unspecified atom stereocenters. The first-order valence-electron chi connectivity index (χ1n) is 4.54. The molecule has 0 saturated heterocycles. The lowest BCUT2D eigenvalue weighted by Crippen LogP contribution is -2.14. The standard InChI is InChI=1S/C10H13ClFNO3/c1-15-7-3-5(12)9(11)8(6(14)4-13)10(7)16-2/h3,6,14H,4,13H2,1-2H3. The van der Waals surface area contributed by atoms with Crippen LogP contribution < -0.4 is 15.2 Å². The van der Waals surface area contributed by atoms with E-state index in [2.05, 4.69) is 0 Å². The first-order valence-corrected chi connectivity index (χ1v) is 4.92. The van der Waals surface area contributed by atoms with Gasteiger partial charge < -0.3 is 20.3 Å². The van der Waals surface area contributed by atoms with Gasteiger partial charge in [-0.25, -0.2) is 4.39 Å². The molecule has 0 fully saturated rings. The van der Waals surface area contributed by atoms with E-state index in [1.54, 1.807) is 0 Å². The summed E-state index contributed by atoms with van der Waals surface area (Å²) >= 11 is 5.75. The van der Waals surface area contributed by atoms with E-state index in [1.165, 1.54) is 14.2 Å². The Balaban J connectivity index is 3.46. The number of aliphatic hydroxyl groups is 1. The van der Waals surface area contributed by atoms with E-state index < -0.39 is 11.9 Å². The predicted octanol–water partition coefficient (Wildman–Crippen LogP) is 1.49. The Morgan fingerprint density at radius 2 is 2.12 bits per heavy atom. The molecule has 90 valence electrons. The van der Waals surface area contributed by atoms with Crippen LogP contribution >= 0.6 is 11.6 Å². The maximum absolute atomic E-state index is 13.4. The molecule has 0 aliphatic rings. The summed E-state index contributed by atoms with van der Waals surface area (Å²) in [6, 6.07) is 1.09. The average molecular weight is 250 g/mol. The van der Waals surface area contributed by atoms with Gasteiger partial charge >= 0.3 is 0 Å². The van der Waals surface area contributed by atoms with E-state index in [0.717, 1.165) is 6.07 Å². The molecule has 16 heavy (non-hydrogen) atoms. The number of ether oxygens (including phenoxy) is 2. The summed E-state index contributed by atoms with van der Waals surface area (Å²) in [5.74, 6) is -0.347. The van der Waals surface area contributed by atoms with Gasteiger partial charge in [-0.3, -0.25) is 0 Å². The lowest BCUT2D eigenvalue weighted by Gasteiger charge is -2.18. The molecule has 0 aromatic heterocycles. The normalized spacial score (nSPS) is 12.4.